The summed E-state index contributed by atoms with van der Waals surface area (Å²) in [5.74, 6) is -0.544. The van der Waals surface area contributed by atoms with Crippen LogP contribution in [-0.2, 0) is 11.0 Å². The summed E-state index contributed by atoms with van der Waals surface area (Å²) in [6.45, 7) is 0. The molecule has 7 heteroatoms. The van der Waals surface area contributed by atoms with E-state index in [4.69, 9.17) is 5.11 Å². The Morgan fingerprint density at radius 2 is 1.94 bits per heavy atom. The number of thioether (sulfide) groups is 1. The van der Waals surface area contributed by atoms with Crippen LogP contribution in [0.5, 0.6) is 0 Å². The maximum absolute atomic E-state index is 12.4. The first-order valence-corrected chi connectivity index (χ1v) is 6.20. The van der Waals surface area contributed by atoms with Gasteiger partial charge in [0.2, 0.25) is 0 Å². The number of hydrogen-bond donors (Lipinski definition) is 2. The summed E-state index contributed by atoms with van der Waals surface area (Å²) in [4.78, 5) is 10.7. The van der Waals surface area contributed by atoms with Gasteiger partial charge in [0.1, 0.15) is 6.04 Å². The third-order valence-corrected chi connectivity index (χ3v) is 3.89. The first-order valence-electron chi connectivity index (χ1n) is 5.15. The lowest BCUT2D eigenvalue weighted by molar-refractivity contribution is -0.139. The number of hydrogen-bond acceptors (Lipinski definition) is 3. The summed E-state index contributed by atoms with van der Waals surface area (Å²) >= 11 is 1.37. The smallest absolute Gasteiger partial charge is 0.416 e. The zero-order valence-electron chi connectivity index (χ0n) is 9.07. The molecule has 3 nitrogen and oxygen atoms in total. The molecule has 0 aliphatic carbocycles. The van der Waals surface area contributed by atoms with Crippen molar-refractivity contribution in [3.8, 4) is 0 Å². The average Bonchev–Trinajstić information content (AvgIpc) is 2.77. The largest absolute Gasteiger partial charge is 0.480 e. The van der Waals surface area contributed by atoms with Crippen LogP contribution in [0, 0.1) is 0 Å². The first kappa shape index (κ1) is 13.2. The zero-order chi connectivity index (χ0) is 13.3. The fourth-order valence-corrected chi connectivity index (χ4v) is 2.89. The van der Waals surface area contributed by atoms with E-state index in [9.17, 15) is 18.0 Å². The van der Waals surface area contributed by atoms with Gasteiger partial charge in [0.15, 0.2) is 0 Å². The molecule has 0 aromatic heterocycles. The normalized spacial score (nSPS) is 24.2. The molecule has 2 rings (SSSR count). The third-order valence-electron chi connectivity index (χ3n) is 2.62. The maximum atomic E-state index is 12.4. The maximum Gasteiger partial charge on any atom is 0.416 e. The quantitative estimate of drug-likeness (QED) is 0.872. The minimum absolute atomic E-state index is 0.270. The number of nitrogens with one attached hydrogen (secondary N) is 1. The van der Waals surface area contributed by atoms with Crippen LogP contribution < -0.4 is 5.32 Å². The molecule has 1 heterocycles. The Morgan fingerprint density at radius 1 is 1.33 bits per heavy atom. The number of rotatable bonds is 2. The van der Waals surface area contributed by atoms with Crippen LogP contribution in [0.4, 0.5) is 13.2 Å². The minimum atomic E-state index is -4.35. The highest BCUT2D eigenvalue weighted by Crippen LogP contribution is 2.35. The standard InChI is InChI=1S/C11H10F3NO2S/c12-11(13,14)7-3-1-6(2-4-7)9-15-8(5-18-9)10(16)17/h1-4,8-9,15H,5H2,(H,16,17)/t8-,9?/m0/s1. The van der Waals surface area contributed by atoms with E-state index in [-0.39, 0.29) is 5.37 Å². The van der Waals surface area contributed by atoms with Crippen LogP contribution in [-0.4, -0.2) is 22.9 Å². The number of carboxylic acid groups (broad SMARTS) is 1. The van der Waals surface area contributed by atoms with Crippen LogP contribution >= 0.6 is 11.8 Å². The molecule has 1 aliphatic heterocycles. The van der Waals surface area contributed by atoms with Crippen molar-refractivity contribution in [3.63, 3.8) is 0 Å². The second kappa shape index (κ2) is 4.81. The number of carbonyl (C=O) groups is 1. The molecule has 0 bridgehead atoms. The van der Waals surface area contributed by atoms with Crippen molar-refractivity contribution in [3.05, 3.63) is 35.4 Å². The van der Waals surface area contributed by atoms with E-state index in [0.717, 1.165) is 12.1 Å². The number of aliphatic carboxylic acids is 1. The Kier molecular flexibility index (Phi) is 3.54. The van der Waals surface area contributed by atoms with Gasteiger partial charge in [0, 0.05) is 5.75 Å². The van der Waals surface area contributed by atoms with E-state index < -0.39 is 23.8 Å². The fraction of sp³-hybridized carbons (Fsp3) is 0.364. The highest BCUT2D eigenvalue weighted by Gasteiger charge is 2.32. The summed E-state index contributed by atoms with van der Waals surface area (Å²) in [6.07, 6.45) is -4.35. The van der Waals surface area contributed by atoms with Crippen molar-refractivity contribution >= 4 is 17.7 Å². The predicted molar refractivity (Wildman–Crippen MR) is 61.2 cm³/mol. The van der Waals surface area contributed by atoms with Crippen molar-refractivity contribution in [2.24, 2.45) is 0 Å². The van der Waals surface area contributed by atoms with Gasteiger partial charge in [-0.25, -0.2) is 0 Å². The number of alkyl halides is 3. The lowest BCUT2D eigenvalue weighted by Crippen LogP contribution is -2.33. The van der Waals surface area contributed by atoms with Gasteiger partial charge in [-0.3, -0.25) is 10.1 Å². The average molecular weight is 277 g/mol. The molecule has 18 heavy (non-hydrogen) atoms. The van der Waals surface area contributed by atoms with E-state index in [1.807, 2.05) is 0 Å². The molecular weight excluding hydrogens is 267 g/mol. The van der Waals surface area contributed by atoms with Crippen molar-refractivity contribution in [2.45, 2.75) is 17.6 Å². The molecule has 0 spiro atoms. The highest BCUT2D eigenvalue weighted by atomic mass is 32.2. The molecule has 98 valence electrons. The van der Waals surface area contributed by atoms with Gasteiger partial charge >= 0.3 is 12.1 Å². The number of halogens is 3. The van der Waals surface area contributed by atoms with Crippen LogP contribution in [0.2, 0.25) is 0 Å². The molecule has 0 radical (unpaired) electrons. The molecule has 1 unspecified atom stereocenters. The van der Waals surface area contributed by atoms with E-state index >= 15 is 0 Å². The Balaban J connectivity index is 2.10. The van der Waals surface area contributed by atoms with Crippen LogP contribution in [0.3, 0.4) is 0 Å². The monoisotopic (exact) mass is 277 g/mol. The molecule has 1 aliphatic rings. The Hall–Kier alpha value is -1.21. The third kappa shape index (κ3) is 2.78. The molecule has 1 aromatic rings. The molecule has 2 N–H and O–H groups in total. The van der Waals surface area contributed by atoms with Gasteiger partial charge in [0.25, 0.3) is 0 Å². The van der Waals surface area contributed by atoms with E-state index in [0.29, 0.717) is 11.3 Å². The van der Waals surface area contributed by atoms with Crippen molar-refractivity contribution in [1.82, 2.24) is 5.32 Å². The molecule has 1 saturated heterocycles. The second-order valence-corrected chi connectivity index (χ2v) is 5.03. The lowest BCUT2D eigenvalue weighted by atomic mass is 10.1. The molecule has 0 saturated carbocycles. The predicted octanol–water partition coefficient (Wildman–Crippen LogP) is 2.49. The molecule has 0 amide bonds. The highest BCUT2D eigenvalue weighted by molar-refractivity contribution is 7.99. The van der Waals surface area contributed by atoms with Crippen LogP contribution in [0.25, 0.3) is 0 Å². The van der Waals surface area contributed by atoms with Gasteiger partial charge in [-0.15, -0.1) is 11.8 Å². The SMILES string of the molecule is O=C(O)[C@@H]1CSC(c2ccc(C(F)(F)F)cc2)N1. The van der Waals surface area contributed by atoms with Gasteiger partial charge in [-0.05, 0) is 17.7 Å². The van der Waals surface area contributed by atoms with Gasteiger partial charge < -0.3 is 5.11 Å². The van der Waals surface area contributed by atoms with E-state index in [1.165, 1.54) is 23.9 Å². The Morgan fingerprint density at radius 3 is 2.39 bits per heavy atom. The van der Waals surface area contributed by atoms with Crippen LogP contribution in [0.1, 0.15) is 16.5 Å². The minimum Gasteiger partial charge on any atom is -0.480 e. The second-order valence-electron chi connectivity index (χ2n) is 3.89. The molecule has 1 aromatic carbocycles. The van der Waals surface area contributed by atoms with Crippen molar-refractivity contribution < 1.29 is 23.1 Å². The first-order chi connectivity index (χ1) is 8.38. The molecule has 2 atom stereocenters. The van der Waals surface area contributed by atoms with Gasteiger partial charge in [0.05, 0.1) is 10.9 Å². The van der Waals surface area contributed by atoms with Gasteiger partial charge in [-0.1, -0.05) is 12.1 Å². The number of benzene rings is 1. The van der Waals surface area contributed by atoms with Crippen molar-refractivity contribution in [2.75, 3.05) is 5.75 Å². The Bertz CT molecular complexity index is 447. The molecule has 1 fully saturated rings. The van der Waals surface area contributed by atoms with E-state index in [2.05, 4.69) is 5.32 Å². The Labute approximate surface area is 105 Å². The fourth-order valence-electron chi connectivity index (χ4n) is 1.65. The zero-order valence-corrected chi connectivity index (χ0v) is 9.89. The van der Waals surface area contributed by atoms with Crippen molar-refractivity contribution in [1.29, 1.82) is 0 Å². The van der Waals surface area contributed by atoms with Crippen LogP contribution in [0.15, 0.2) is 24.3 Å². The van der Waals surface area contributed by atoms with Gasteiger partial charge in [-0.2, -0.15) is 13.2 Å². The summed E-state index contributed by atoms with van der Waals surface area (Å²) in [6, 6.07) is 4.11. The number of carboxylic acids is 1. The summed E-state index contributed by atoms with van der Waals surface area (Å²) in [7, 11) is 0. The summed E-state index contributed by atoms with van der Waals surface area (Å²) < 4.78 is 37.1. The molecular formula is C11H10F3NO2S. The topological polar surface area (TPSA) is 49.3 Å². The van der Waals surface area contributed by atoms with E-state index in [1.54, 1.807) is 0 Å². The lowest BCUT2D eigenvalue weighted by Gasteiger charge is -2.12. The summed E-state index contributed by atoms with van der Waals surface area (Å²) in [5, 5.41) is 11.4. The summed E-state index contributed by atoms with van der Waals surface area (Å²) in [5.41, 5.74) is -0.0548.